The Morgan fingerprint density at radius 3 is 1.33 bits per heavy atom. The highest BCUT2D eigenvalue weighted by Gasteiger charge is 2.54. The number of phosphoric acid groups is 1. The van der Waals surface area contributed by atoms with Crippen molar-refractivity contribution in [3.63, 3.8) is 0 Å². The lowest BCUT2D eigenvalue weighted by molar-refractivity contribution is -0.0597. The molecule has 0 amide bonds. The van der Waals surface area contributed by atoms with Gasteiger partial charge in [0.15, 0.2) is 5.06 Å². The predicted molar refractivity (Wildman–Crippen MR) is 60.6 cm³/mol. The van der Waals surface area contributed by atoms with E-state index < -0.39 is 23.7 Å². The third kappa shape index (κ3) is 3.72. The van der Waals surface area contributed by atoms with Gasteiger partial charge >= 0.3 is 7.82 Å². The van der Waals surface area contributed by atoms with E-state index in [4.69, 9.17) is 25.9 Å². The monoisotopic (exact) mass is 258 g/mol. The zero-order valence-corrected chi connectivity index (χ0v) is 11.7. The standard InChI is InChI=1S/C9H20ClO4P/c1-7(2,3)9(10,8(4,5)6)14-15(11,12)13/h1-6H3,(H2,11,12,13). The lowest BCUT2D eigenvalue weighted by atomic mass is 9.73. The maximum absolute atomic E-state index is 10.9. The Labute approximate surface area is 96.2 Å². The predicted octanol–water partition coefficient (Wildman–Crippen LogP) is 3.12. The molecule has 0 spiro atoms. The second kappa shape index (κ2) is 4.01. The third-order valence-corrected chi connectivity index (χ3v) is 4.00. The number of hydrogen-bond donors (Lipinski definition) is 2. The Morgan fingerprint density at radius 1 is 1.00 bits per heavy atom. The molecule has 15 heavy (non-hydrogen) atoms. The van der Waals surface area contributed by atoms with Crippen molar-refractivity contribution in [3.05, 3.63) is 0 Å². The molecule has 0 rings (SSSR count). The maximum atomic E-state index is 10.9. The Hall–Kier alpha value is 0.400. The Kier molecular flexibility index (Phi) is 4.11. The summed E-state index contributed by atoms with van der Waals surface area (Å²) >= 11 is 6.26. The van der Waals surface area contributed by atoms with Gasteiger partial charge in [0.2, 0.25) is 0 Å². The molecular weight excluding hydrogens is 239 g/mol. The second-order valence-corrected chi connectivity index (χ2v) is 7.37. The van der Waals surface area contributed by atoms with Crippen LogP contribution >= 0.6 is 19.4 Å². The van der Waals surface area contributed by atoms with Crippen LogP contribution < -0.4 is 0 Å². The SMILES string of the molecule is CC(C)(C)C(Cl)(OP(=O)(O)O)C(C)(C)C. The second-order valence-electron chi connectivity index (χ2n) is 5.68. The minimum absolute atomic E-state index is 0.603. The molecular formula is C9H20ClO4P. The van der Waals surface area contributed by atoms with Gasteiger partial charge in [-0.15, -0.1) is 0 Å². The highest BCUT2D eigenvalue weighted by molar-refractivity contribution is 7.46. The smallest absolute Gasteiger partial charge is 0.303 e. The fraction of sp³-hybridized carbons (Fsp3) is 1.00. The highest BCUT2D eigenvalue weighted by Crippen LogP contribution is 2.57. The molecule has 0 bridgehead atoms. The molecule has 0 fully saturated rings. The van der Waals surface area contributed by atoms with E-state index in [-0.39, 0.29) is 0 Å². The summed E-state index contributed by atoms with van der Waals surface area (Å²) in [5.41, 5.74) is -1.21. The van der Waals surface area contributed by atoms with Crippen LogP contribution in [0.15, 0.2) is 0 Å². The molecule has 0 heterocycles. The first-order chi connectivity index (χ1) is 6.21. The van der Waals surface area contributed by atoms with Crippen LogP contribution in [0.2, 0.25) is 0 Å². The molecule has 92 valence electrons. The normalized spacial score (nSPS) is 15.5. The molecule has 0 aromatic rings. The van der Waals surface area contributed by atoms with Crippen molar-refractivity contribution >= 4 is 19.4 Å². The summed E-state index contributed by atoms with van der Waals surface area (Å²) < 4.78 is 15.7. The molecule has 0 atom stereocenters. The van der Waals surface area contributed by atoms with Crippen molar-refractivity contribution in [2.45, 2.75) is 46.6 Å². The van der Waals surface area contributed by atoms with Crippen LogP contribution in [0.5, 0.6) is 0 Å². The molecule has 0 radical (unpaired) electrons. The molecule has 0 aliphatic rings. The van der Waals surface area contributed by atoms with Crippen LogP contribution in [-0.2, 0) is 9.09 Å². The maximum Gasteiger partial charge on any atom is 0.471 e. The zero-order chi connectivity index (χ0) is 12.7. The fourth-order valence-corrected chi connectivity index (χ4v) is 2.71. The molecule has 0 aromatic heterocycles. The summed E-state index contributed by atoms with van der Waals surface area (Å²) in [6.07, 6.45) is 0. The number of phosphoric ester groups is 1. The van der Waals surface area contributed by atoms with Crippen LogP contribution in [0.25, 0.3) is 0 Å². The number of hydrogen-bond acceptors (Lipinski definition) is 2. The largest absolute Gasteiger partial charge is 0.471 e. The van der Waals surface area contributed by atoms with Crippen LogP contribution in [0.1, 0.15) is 41.5 Å². The van der Waals surface area contributed by atoms with E-state index in [9.17, 15) is 4.57 Å². The zero-order valence-electron chi connectivity index (χ0n) is 10.0. The quantitative estimate of drug-likeness (QED) is 0.590. The van der Waals surface area contributed by atoms with E-state index in [2.05, 4.69) is 0 Å². The van der Waals surface area contributed by atoms with Crippen LogP contribution in [0.3, 0.4) is 0 Å². The summed E-state index contributed by atoms with van der Waals surface area (Å²) in [6.45, 7) is 10.7. The van der Waals surface area contributed by atoms with E-state index in [0.717, 1.165) is 0 Å². The molecule has 0 aliphatic carbocycles. The van der Waals surface area contributed by atoms with Crippen molar-refractivity contribution in [1.29, 1.82) is 0 Å². The lowest BCUT2D eigenvalue weighted by Gasteiger charge is -2.47. The first-order valence-electron chi connectivity index (χ1n) is 4.66. The van der Waals surface area contributed by atoms with Crippen LogP contribution in [0.4, 0.5) is 0 Å². The Morgan fingerprint density at radius 2 is 1.27 bits per heavy atom. The van der Waals surface area contributed by atoms with Crippen molar-refractivity contribution in [1.82, 2.24) is 0 Å². The average Bonchev–Trinajstić information content (AvgIpc) is 1.77. The first-order valence-corrected chi connectivity index (χ1v) is 6.57. The Balaban J connectivity index is 5.35. The molecule has 0 aromatic carbocycles. The minimum atomic E-state index is -4.61. The summed E-state index contributed by atoms with van der Waals surface area (Å²) in [7, 11) is -4.61. The molecule has 6 heteroatoms. The van der Waals surface area contributed by atoms with Crippen molar-refractivity contribution in [3.8, 4) is 0 Å². The first kappa shape index (κ1) is 15.4. The van der Waals surface area contributed by atoms with Crippen molar-refractivity contribution in [2.24, 2.45) is 10.8 Å². The molecule has 4 nitrogen and oxygen atoms in total. The third-order valence-electron chi connectivity index (χ3n) is 2.17. The molecule has 0 saturated carbocycles. The number of rotatable bonds is 2. The van der Waals surface area contributed by atoms with Crippen molar-refractivity contribution in [2.75, 3.05) is 0 Å². The lowest BCUT2D eigenvalue weighted by Crippen LogP contribution is -2.49. The molecule has 0 unspecified atom stereocenters. The van der Waals surface area contributed by atoms with E-state index >= 15 is 0 Å². The van der Waals surface area contributed by atoms with Crippen molar-refractivity contribution < 1.29 is 18.9 Å². The van der Waals surface area contributed by atoms with Gasteiger partial charge in [0.05, 0.1) is 0 Å². The van der Waals surface area contributed by atoms with Crippen LogP contribution in [0, 0.1) is 10.8 Å². The van der Waals surface area contributed by atoms with Gasteiger partial charge in [-0.3, -0.25) is 4.52 Å². The number of halogens is 1. The Bertz CT molecular complexity index is 257. The summed E-state index contributed by atoms with van der Waals surface area (Å²) in [5, 5.41) is -1.43. The molecule has 0 saturated heterocycles. The molecule has 0 aliphatic heterocycles. The van der Waals surface area contributed by atoms with E-state index in [1.54, 1.807) is 41.5 Å². The van der Waals surface area contributed by atoms with Gasteiger partial charge in [0, 0.05) is 10.8 Å². The van der Waals surface area contributed by atoms with Gasteiger partial charge in [-0.25, -0.2) is 4.57 Å². The van der Waals surface area contributed by atoms with Gasteiger partial charge in [-0.05, 0) is 0 Å². The minimum Gasteiger partial charge on any atom is -0.303 e. The van der Waals surface area contributed by atoms with Gasteiger partial charge in [0.25, 0.3) is 0 Å². The fourth-order valence-electron chi connectivity index (χ4n) is 1.56. The van der Waals surface area contributed by atoms with E-state index in [0.29, 0.717) is 0 Å². The van der Waals surface area contributed by atoms with Crippen LogP contribution in [-0.4, -0.2) is 14.8 Å². The average molecular weight is 259 g/mol. The summed E-state index contributed by atoms with van der Waals surface area (Å²) in [5.74, 6) is 0. The summed E-state index contributed by atoms with van der Waals surface area (Å²) in [6, 6.07) is 0. The number of alkyl halides is 1. The van der Waals surface area contributed by atoms with Gasteiger partial charge in [-0.2, -0.15) is 0 Å². The van der Waals surface area contributed by atoms with Gasteiger partial charge < -0.3 is 9.79 Å². The summed E-state index contributed by atoms with van der Waals surface area (Å²) in [4.78, 5) is 17.8. The van der Waals surface area contributed by atoms with E-state index in [1.807, 2.05) is 0 Å². The van der Waals surface area contributed by atoms with E-state index in [1.165, 1.54) is 0 Å². The molecule has 2 N–H and O–H groups in total. The van der Waals surface area contributed by atoms with Gasteiger partial charge in [-0.1, -0.05) is 53.1 Å². The topological polar surface area (TPSA) is 66.8 Å². The highest BCUT2D eigenvalue weighted by atomic mass is 35.5. The van der Waals surface area contributed by atoms with Gasteiger partial charge in [0.1, 0.15) is 0 Å².